The monoisotopic (exact) mass is 159 g/mol. The van der Waals surface area contributed by atoms with E-state index in [1.807, 2.05) is 6.26 Å². The van der Waals surface area contributed by atoms with Crippen LogP contribution < -0.4 is 11.2 Å². The van der Waals surface area contributed by atoms with Crippen LogP contribution in [0.3, 0.4) is 0 Å². The molecule has 10 heavy (non-hydrogen) atoms. The minimum absolute atomic E-state index is 0.740. The second-order valence-corrected chi connectivity index (χ2v) is 3.26. The summed E-state index contributed by atoms with van der Waals surface area (Å²) in [6, 6.07) is 0.740. The maximum atomic E-state index is 5.12. The maximum Gasteiger partial charge on any atom is 0.106 e. The highest BCUT2D eigenvalue weighted by molar-refractivity contribution is 8.13. The van der Waals surface area contributed by atoms with Gasteiger partial charge in [-0.1, -0.05) is 0 Å². The molecule has 0 bridgehead atoms. The van der Waals surface area contributed by atoms with Crippen molar-refractivity contribution < 1.29 is 0 Å². The highest BCUT2D eigenvalue weighted by atomic mass is 32.2. The van der Waals surface area contributed by atoms with Gasteiger partial charge in [0.2, 0.25) is 0 Å². The van der Waals surface area contributed by atoms with Crippen LogP contribution in [0.2, 0.25) is 0 Å². The molecule has 0 heterocycles. The molecule has 1 saturated carbocycles. The summed E-state index contributed by atoms with van der Waals surface area (Å²) in [7, 11) is 0. The molecule has 3 nitrogen and oxygen atoms in total. The van der Waals surface area contributed by atoms with E-state index in [9.17, 15) is 0 Å². The van der Waals surface area contributed by atoms with Gasteiger partial charge in [0.1, 0.15) is 5.04 Å². The van der Waals surface area contributed by atoms with Crippen molar-refractivity contribution in [2.75, 3.05) is 12.8 Å². The van der Waals surface area contributed by atoms with Crippen LogP contribution in [0, 0.1) is 0 Å². The van der Waals surface area contributed by atoms with Crippen molar-refractivity contribution in [2.24, 2.45) is 10.9 Å². The summed E-state index contributed by atoms with van der Waals surface area (Å²) in [5.41, 5.74) is 0. The maximum absolute atomic E-state index is 5.12. The molecule has 3 N–H and O–H groups in total. The van der Waals surface area contributed by atoms with E-state index in [1.165, 1.54) is 12.8 Å². The lowest BCUT2D eigenvalue weighted by Crippen LogP contribution is -2.23. The molecule has 0 unspecified atom stereocenters. The highest BCUT2D eigenvalue weighted by Gasteiger charge is 2.20. The van der Waals surface area contributed by atoms with Crippen LogP contribution in [0.15, 0.2) is 5.10 Å². The van der Waals surface area contributed by atoms with Crippen LogP contribution in [0.5, 0.6) is 0 Å². The minimum atomic E-state index is 0.740. The van der Waals surface area contributed by atoms with Crippen molar-refractivity contribution in [3.05, 3.63) is 0 Å². The number of hydrazone groups is 1. The van der Waals surface area contributed by atoms with Gasteiger partial charge in [0, 0.05) is 12.6 Å². The van der Waals surface area contributed by atoms with Crippen molar-refractivity contribution in [2.45, 2.75) is 18.9 Å². The SMILES string of the molecule is CS/C(CNC1CC1)=N\N. The molecule has 0 atom stereocenters. The number of rotatable bonds is 3. The van der Waals surface area contributed by atoms with E-state index in [-0.39, 0.29) is 0 Å². The molecule has 1 aliphatic rings. The number of thioether (sulfide) groups is 1. The van der Waals surface area contributed by atoms with Crippen molar-refractivity contribution in [3.63, 3.8) is 0 Å². The fourth-order valence-electron chi connectivity index (χ4n) is 0.690. The molecule has 0 aliphatic heterocycles. The van der Waals surface area contributed by atoms with Gasteiger partial charge >= 0.3 is 0 Å². The van der Waals surface area contributed by atoms with E-state index >= 15 is 0 Å². The zero-order chi connectivity index (χ0) is 7.40. The van der Waals surface area contributed by atoms with Gasteiger partial charge in [0.15, 0.2) is 0 Å². The fourth-order valence-corrected chi connectivity index (χ4v) is 1.02. The van der Waals surface area contributed by atoms with Gasteiger partial charge in [0.05, 0.1) is 0 Å². The number of nitrogens with zero attached hydrogens (tertiary/aromatic N) is 1. The van der Waals surface area contributed by atoms with E-state index in [0.29, 0.717) is 0 Å². The summed E-state index contributed by atoms with van der Waals surface area (Å²) >= 11 is 1.60. The number of hydrogen-bond donors (Lipinski definition) is 2. The quantitative estimate of drug-likeness (QED) is 0.271. The van der Waals surface area contributed by atoms with Crippen LogP contribution in [0.1, 0.15) is 12.8 Å². The predicted octanol–water partition coefficient (Wildman–Crippen LogP) is 0.374. The van der Waals surface area contributed by atoms with Crippen LogP contribution in [-0.2, 0) is 0 Å². The Kier molecular flexibility index (Phi) is 3.02. The molecule has 4 heteroatoms. The summed E-state index contributed by atoms with van der Waals surface area (Å²) < 4.78 is 0. The molecule has 0 saturated heterocycles. The van der Waals surface area contributed by atoms with E-state index < -0.39 is 0 Å². The molecule has 0 aromatic heterocycles. The topological polar surface area (TPSA) is 50.4 Å². The lowest BCUT2D eigenvalue weighted by Gasteiger charge is -2.01. The fraction of sp³-hybridized carbons (Fsp3) is 0.833. The Morgan fingerprint density at radius 2 is 2.50 bits per heavy atom. The lowest BCUT2D eigenvalue weighted by atomic mass is 10.6. The third-order valence-electron chi connectivity index (χ3n) is 1.50. The Hall–Kier alpha value is -0.220. The first kappa shape index (κ1) is 7.88. The molecule has 1 rings (SSSR count). The molecule has 0 aromatic carbocycles. The smallest absolute Gasteiger partial charge is 0.106 e. The van der Waals surface area contributed by atoms with Gasteiger partial charge in [0.25, 0.3) is 0 Å². The first-order valence-electron chi connectivity index (χ1n) is 3.41. The average molecular weight is 159 g/mol. The summed E-state index contributed by atoms with van der Waals surface area (Å²) in [6.45, 7) is 0.836. The number of nitrogens with two attached hydrogens (primary N) is 1. The zero-order valence-corrected chi connectivity index (χ0v) is 6.95. The third-order valence-corrected chi connectivity index (χ3v) is 2.22. The van der Waals surface area contributed by atoms with Gasteiger partial charge in [-0.3, -0.25) is 0 Å². The Labute approximate surface area is 65.4 Å². The normalized spacial score (nSPS) is 19.5. The Bertz CT molecular complexity index is 131. The Balaban J connectivity index is 2.08. The summed E-state index contributed by atoms with van der Waals surface area (Å²) in [5.74, 6) is 5.12. The molecule has 58 valence electrons. The van der Waals surface area contributed by atoms with Crippen LogP contribution in [-0.4, -0.2) is 23.9 Å². The van der Waals surface area contributed by atoms with Gasteiger partial charge in [-0.15, -0.1) is 11.8 Å². The van der Waals surface area contributed by atoms with E-state index in [0.717, 1.165) is 17.6 Å². The van der Waals surface area contributed by atoms with E-state index in [1.54, 1.807) is 11.8 Å². The molecule has 0 amide bonds. The summed E-state index contributed by atoms with van der Waals surface area (Å²) in [4.78, 5) is 0. The van der Waals surface area contributed by atoms with Crippen LogP contribution >= 0.6 is 11.8 Å². The van der Waals surface area contributed by atoms with E-state index in [2.05, 4.69) is 10.4 Å². The van der Waals surface area contributed by atoms with Gasteiger partial charge in [-0.25, -0.2) is 0 Å². The first-order chi connectivity index (χ1) is 4.86. The minimum Gasteiger partial charge on any atom is -0.322 e. The largest absolute Gasteiger partial charge is 0.322 e. The van der Waals surface area contributed by atoms with E-state index in [4.69, 9.17) is 5.84 Å². The van der Waals surface area contributed by atoms with Crippen molar-refractivity contribution in [3.8, 4) is 0 Å². The second kappa shape index (κ2) is 3.83. The van der Waals surface area contributed by atoms with Gasteiger partial charge in [-0.05, 0) is 19.1 Å². The average Bonchev–Trinajstić information content (AvgIpc) is 2.74. The molecule has 0 aromatic rings. The molecule has 1 fully saturated rings. The highest BCUT2D eigenvalue weighted by Crippen LogP contribution is 2.18. The molecular weight excluding hydrogens is 146 g/mol. The second-order valence-electron chi connectivity index (χ2n) is 2.38. The molecule has 1 aliphatic carbocycles. The van der Waals surface area contributed by atoms with Crippen LogP contribution in [0.25, 0.3) is 0 Å². The first-order valence-corrected chi connectivity index (χ1v) is 4.63. The van der Waals surface area contributed by atoms with Crippen molar-refractivity contribution in [1.82, 2.24) is 5.32 Å². The van der Waals surface area contributed by atoms with Crippen LogP contribution in [0.4, 0.5) is 0 Å². The van der Waals surface area contributed by atoms with Gasteiger partial charge in [-0.2, -0.15) is 5.10 Å². The predicted molar refractivity (Wildman–Crippen MR) is 46.2 cm³/mol. The summed E-state index contributed by atoms with van der Waals surface area (Å²) in [5, 5.41) is 7.93. The van der Waals surface area contributed by atoms with Crippen molar-refractivity contribution >= 4 is 16.8 Å². The molecule has 0 spiro atoms. The van der Waals surface area contributed by atoms with Gasteiger partial charge < -0.3 is 11.2 Å². The number of nitrogens with one attached hydrogen (secondary N) is 1. The standard InChI is InChI=1S/C6H13N3S/c1-10-6(9-7)4-8-5-2-3-5/h5,8H,2-4,7H2,1H3/b9-6-. The number of hydrogen-bond acceptors (Lipinski definition) is 4. The third kappa shape index (κ3) is 2.58. The Morgan fingerprint density at radius 3 is 2.90 bits per heavy atom. The zero-order valence-electron chi connectivity index (χ0n) is 6.13. The summed E-state index contributed by atoms with van der Waals surface area (Å²) in [6.07, 6.45) is 4.61. The molecular formula is C6H13N3S. The molecule has 0 radical (unpaired) electrons. The Morgan fingerprint density at radius 1 is 1.80 bits per heavy atom. The lowest BCUT2D eigenvalue weighted by molar-refractivity contribution is 0.772. The van der Waals surface area contributed by atoms with Crippen molar-refractivity contribution in [1.29, 1.82) is 0 Å².